The minimum Gasteiger partial charge on any atom is -0.505 e. The molecule has 32 heavy (non-hydrogen) atoms. The van der Waals surface area contributed by atoms with Crippen molar-refractivity contribution in [3.63, 3.8) is 0 Å². The van der Waals surface area contributed by atoms with Crippen molar-refractivity contribution in [1.29, 1.82) is 0 Å². The number of carbonyl (C=O) groups is 1. The zero-order chi connectivity index (χ0) is 23.8. The third-order valence-corrected chi connectivity index (χ3v) is 5.78. The first kappa shape index (κ1) is 23.5. The third-order valence-electron chi connectivity index (χ3n) is 5.11. The molecule has 1 aliphatic rings. The van der Waals surface area contributed by atoms with Crippen LogP contribution in [-0.4, -0.2) is 45.9 Å². The smallest absolute Gasteiger partial charge is 0.269 e. The lowest BCUT2D eigenvalue weighted by molar-refractivity contribution is 0.0824. The van der Waals surface area contributed by atoms with Gasteiger partial charge in [0.25, 0.3) is 17.1 Å². The van der Waals surface area contributed by atoms with Gasteiger partial charge in [-0.15, -0.1) is 8.80 Å². The van der Waals surface area contributed by atoms with Crippen LogP contribution in [0.5, 0.6) is 5.75 Å². The molecule has 1 aliphatic heterocycles. The normalized spacial score (nSPS) is 16.9. The van der Waals surface area contributed by atoms with Gasteiger partial charge in [-0.2, -0.15) is 0 Å². The number of furan rings is 1. The summed E-state index contributed by atoms with van der Waals surface area (Å²) in [5.41, 5.74) is 1.16. The van der Waals surface area contributed by atoms with Crippen LogP contribution >= 0.6 is 0 Å². The highest BCUT2D eigenvalue weighted by atomic mass is 32.2. The summed E-state index contributed by atoms with van der Waals surface area (Å²) < 4.78 is 26.2. The monoisotopic (exact) mass is 459 g/mol. The summed E-state index contributed by atoms with van der Waals surface area (Å²) in [6.45, 7) is 10.0. The number of carbonyl (C=O) groups excluding carboxylic acids is 1. The average molecular weight is 460 g/mol. The lowest BCUT2D eigenvalue weighted by Crippen LogP contribution is -2.41. The number of para-hydroxylation sites is 1. The summed E-state index contributed by atoms with van der Waals surface area (Å²) in [6, 6.07) is 6.45. The summed E-state index contributed by atoms with van der Waals surface area (Å²) in [6.07, 6.45) is 0. The first-order chi connectivity index (χ1) is 14.9. The zero-order valence-electron chi connectivity index (χ0n) is 19.3. The number of amides is 1. The number of phenolic OH excluding ortho intramolecular Hbond substituents is 1. The number of anilines is 1. The van der Waals surface area contributed by atoms with Gasteiger partial charge in [0.15, 0.2) is 17.4 Å². The van der Waals surface area contributed by atoms with Gasteiger partial charge in [0.2, 0.25) is 0 Å². The second kappa shape index (κ2) is 8.78. The summed E-state index contributed by atoms with van der Waals surface area (Å²) in [7, 11) is 3.21. The molecule has 0 saturated heterocycles. The Labute approximate surface area is 190 Å². The molecule has 0 aliphatic carbocycles. The second-order valence-corrected chi connectivity index (χ2v) is 9.79. The van der Waals surface area contributed by atoms with Gasteiger partial charge in [-0.05, 0) is 43.0 Å². The van der Waals surface area contributed by atoms with Crippen LogP contribution in [0.1, 0.15) is 54.3 Å². The number of aromatic hydroxyl groups is 1. The van der Waals surface area contributed by atoms with Crippen molar-refractivity contribution in [3.05, 3.63) is 46.9 Å². The van der Waals surface area contributed by atoms with E-state index in [9.17, 15) is 14.1 Å². The molecular formula is C22H29N5O4S. The van der Waals surface area contributed by atoms with Crippen molar-refractivity contribution in [2.45, 2.75) is 40.7 Å². The van der Waals surface area contributed by atoms with E-state index in [-0.39, 0.29) is 46.0 Å². The summed E-state index contributed by atoms with van der Waals surface area (Å²) in [5, 5.41) is 16.9. The van der Waals surface area contributed by atoms with Gasteiger partial charge in [0.1, 0.15) is 11.5 Å². The maximum absolute atomic E-state index is 12.3. The van der Waals surface area contributed by atoms with Gasteiger partial charge in [-0.25, -0.2) is 4.21 Å². The molecule has 0 bridgehead atoms. The average Bonchev–Trinajstić information content (AvgIpc) is 3.20. The van der Waals surface area contributed by atoms with Crippen molar-refractivity contribution in [1.82, 2.24) is 10.2 Å². The standard InChI is InChI=1S/C22H29N5O4S/c1-12-11-16(31-13(12)2)18(22(3,4)5)24-20-19(25-32(30)26-20)23-15-10-8-9-14(17(15)28)21(29)27(6)7/h8-11,18,28H,1-7H3,(H,23,25)(H,24,26)/t18-,32?/m0/s1. The van der Waals surface area contributed by atoms with Crippen LogP contribution in [0, 0.1) is 19.3 Å². The maximum Gasteiger partial charge on any atom is 0.269 e. The first-order valence-corrected chi connectivity index (χ1v) is 11.2. The number of rotatable bonds is 4. The molecule has 1 unspecified atom stereocenters. The van der Waals surface area contributed by atoms with Crippen LogP contribution in [0.15, 0.2) is 37.5 Å². The third kappa shape index (κ3) is 4.85. The zero-order valence-corrected chi connectivity index (χ0v) is 20.1. The highest BCUT2D eigenvalue weighted by molar-refractivity contribution is 7.83. The van der Waals surface area contributed by atoms with E-state index in [0.29, 0.717) is 0 Å². The van der Waals surface area contributed by atoms with E-state index in [0.717, 1.165) is 17.1 Å². The molecule has 2 heterocycles. The summed E-state index contributed by atoms with van der Waals surface area (Å²) in [4.78, 5) is 13.7. The quantitative estimate of drug-likeness (QED) is 0.602. The Morgan fingerprint density at radius 1 is 1.19 bits per heavy atom. The number of phenols is 1. The van der Waals surface area contributed by atoms with Crippen LogP contribution in [0.25, 0.3) is 0 Å². The fraction of sp³-hybridized carbons (Fsp3) is 0.409. The molecule has 0 spiro atoms. The van der Waals surface area contributed by atoms with Crippen LogP contribution < -0.4 is 10.6 Å². The molecule has 1 aromatic carbocycles. The predicted octanol–water partition coefficient (Wildman–Crippen LogP) is 3.48. The lowest BCUT2D eigenvalue weighted by atomic mass is 9.85. The number of amidine groups is 2. The Kier molecular flexibility index (Phi) is 6.45. The molecule has 1 amide bonds. The topological polar surface area (TPSA) is 120 Å². The minimum absolute atomic E-state index is 0.139. The molecule has 0 saturated carbocycles. The van der Waals surface area contributed by atoms with E-state index in [1.807, 2.05) is 19.9 Å². The van der Waals surface area contributed by atoms with Crippen molar-refractivity contribution in [2.75, 3.05) is 19.4 Å². The van der Waals surface area contributed by atoms with Crippen molar-refractivity contribution >= 4 is 34.4 Å². The van der Waals surface area contributed by atoms with E-state index >= 15 is 0 Å². The maximum atomic E-state index is 12.3. The number of nitrogens with zero attached hydrogens (tertiary/aromatic N) is 3. The highest BCUT2D eigenvalue weighted by Crippen LogP contribution is 2.35. The van der Waals surface area contributed by atoms with E-state index < -0.39 is 11.2 Å². The van der Waals surface area contributed by atoms with E-state index in [2.05, 4.69) is 40.2 Å². The minimum atomic E-state index is -1.82. The Morgan fingerprint density at radius 3 is 2.41 bits per heavy atom. The van der Waals surface area contributed by atoms with Crippen molar-refractivity contribution in [3.8, 4) is 5.75 Å². The molecule has 10 heteroatoms. The molecule has 3 N–H and O–H groups in total. The van der Waals surface area contributed by atoms with E-state index in [1.165, 1.54) is 11.0 Å². The molecule has 172 valence electrons. The van der Waals surface area contributed by atoms with Gasteiger partial charge >= 0.3 is 0 Å². The van der Waals surface area contributed by atoms with Crippen LogP contribution in [-0.2, 0) is 11.2 Å². The summed E-state index contributed by atoms with van der Waals surface area (Å²) >= 11 is -1.82. The number of benzene rings is 1. The van der Waals surface area contributed by atoms with Gasteiger partial charge < -0.3 is 25.1 Å². The molecule has 2 aromatic rings. The van der Waals surface area contributed by atoms with E-state index in [1.54, 1.807) is 26.2 Å². The Balaban J connectivity index is 1.90. The summed E-state index contributed by atoms with van der Waals surface area (Å²) in [5.74, 6) is 1.46. The van der Waals surface area contributed by atoms with Gasteiger partial charge in [-0.1, -0.05) is 26.8 Å². The van der Waals surface area contributed by atoms with Gasteiger partial charge in [-0.3, -0.25) is 4.79 Å². The number of aryl methyl sites for hydroxylation is 2. The van der Waals surface area contributed by atoms with Gasteiger partial charge in [0.05, 0.1) is 17.3 Å². The molecule has 0 radical (unpaired) electrons. The molecule has 2 atom stereocenters. The van der Waals surface area contributed by atoms with Crippen LogP contribution in [0.3, 0.4) is 0 Å². The highest BCUT2D eigenvalue weighted by Gasteiger charge is 2.33. The number of hydrogen-bond acceptors (Lipinski definition) is 6. The van der Waals surface area contributed by atoms with Crippen LogP contribution in [0.2, 0.25) is 0 Å². The SMILES string of the molecule is Cc1cc([C@H](NC2=NS(=O)N=C2Nc2cccc(C(=O)N(C)C)c2O)C(C)(C)C)oc1C. The van der Waals surface area contributed by atoms with Crippen molar-refractivity contribution in [2.24, 2.45) is 14.2 Å². The lowest BCUT2D eigenvalue weighted by Gasteiger charge is -2.30. The molecule has 0 fully saturated rings. The van der Waals surface area contributed by atoms with Gasteiger partial charge in [0, 0.05) is 14.1 Å². The number of hydrogen-bond donors (Lipinski definition) is 3. The Hall–Kier alpha value is -3.14. The predicted molar refractivity (Wildman–Crippen MR) is 126 cm³/mol. The number of nitrogens with one attached hydrogen (secondary N) is 2. The second-order valence-electron chi connectivity index (χ2n) is 8.97. The fourth-order valence-corrected chi connectivity index (χ4v) is 3.84. The molecule has 3 rings (SSSR count). The first-order valence-electron chi connectivity index (χ1n) is 10.1. The van der Waals surface area contributed by atoms with E-state index in [4.69, 9.17) is 4.42 Å². The Morgan fingerprint density at radius 2 is 1.84 bits per heavy atom. The largest absolute Gasteiger partial charge is 0.505 e. The molecular weight excluding hydrogens is 430 g/mol. The fourth-order valence-electron chi connectivity index (χ4n) is 3.22. The van der Waals surface area contributed by atoms with Crippen LogP contribution in [0.4, 0.5) is 5.69 Å². The molecule has 9 nitrogen and oxygen atoms in total. The Bertz CT molecular complexity index is 1110. The molecule has 1 aromatic heterocycles. The van der Waals surface area contributed by atoms with Crippen molar-refractivity contribution < 1.29 is 18.5 Å².